The van der Waals surface area contributed by atoms with Crippen LogP contribution in [-0.2, 0) is 4.79 Å². The number of hydrogen-bond acceptors (Lipinski definition) is 4. The second-order valence-corrected chi connectivity index (χ2v) is 6.09. The molecule has 1 atom stereocenters. The van der Waals surface area contributed by atoms with E-state index >= 15 is 0 Å². The van der Waals surface area contributed by atoms with Crippen LogP contribution in [0.5, 0.6) is 0 Å². The lowest BCUT2D eigenvalue weighted by atomic mass is 10.1. The fourth-order valence-electron chi connectivity index (χ4n) is 3.04. The quantitative estimate of drug-likeness (QED) is 0.748. The third-order valence-electron chi connectivity index (χ3n) is 4.38. The van der Waals surface area contributed by atoms with Gasteiger partial charge >= 0.3 is 0 Å². The molecule has 8 heteroatoms. The van der Waals surface area contributed by atoms with E-state index in [0.717, 1.165) is 12.0 Å². The van der Waals surface area contributed by atoms with E-state index < -0.39 is 11.9 Å². The molecule has 3 aromatic rings. The Kier molecular flexibility index (Phi) is 4.08. The third-order valence-corrected chi connectivity index (χ3v) is 4.38. The summed E-state index contributed by atoms with van der Waals surface area (Å²) < 4.78 is 14.7. The minimum atomic E-state index is -0.550. The summed E-state index contributed by atoms with van der Waals surface area (Å²) in [4.78, 5) is 28.7. The Morgan fingerprint density at radius 3 is 2.85 bits per heavy atom. The molecule has 0 bridgehead atoms. The highest BCUT2D eigenvalue weighted by Gasteiger charge is 2.25. The van der Waals surface area contributed by atoms with Crippen LogP contribution in [0.4, 0.5) is 4.39 Å². The molecule has 2 amide bonds. The number of rotatable bonds is 3. The monoisotopic (exact) mass is 353 g/mol. The Bertz CT molecular complexity index is 983. The molecule has 0 aliphatic carbocycles. The smallest absolute Gasteiger partial charge is 0.257 e. The van der Waals surface area contributed by atoms with Crippen molar-refractivity contribution in [1.82, 2.24) is 25.2 Å². The third kappa shape index (κ3) is 2.90. The van der Waals surface area contributed by atoms with Crippen molar-refractivity contribution in [2.45, 2.75) is 18.9 Å². The molecule has 26 heavy (non-hydrogen) atoms. The summed E-state index contributed by atoms with van der Waals surface area (Å²) in [5.41, 5.74) is 2.10. The van der Waals surface area contributed by atoms with Crippen molar-refractivity contribution < 1.29 is 14.0 Å². The van der Waals surface area contributed by atoms with Gasteiger partial charge in [-0.15, -0.1) is 0 Å². The Hall–Kier alpha value is -3.29. The summed E-state index contributed by atoms with van der Waals surface area (Å²) in [5.74, 6) is -0.905. The van der Waals surface area contributed by atoms with Crippen LogP contribution in [0.25, 0.3) is 16.9 Å². The van der Waals surface area contributed by atoms with Crippen molar-refractivity contribution >= 4 is 17.5 Å². The summed E-state index contributed by atoms with van der Waals surface area (Å²) in [6.07, 6.45) is 4.41. The summed E-state index contributed by atoms with van der Waals surface area (Å²) in [5, 5.41) is 9.72. The molecule has 0 spiro atoms. The van der Waals surface area contributed by atoms with Crippen LogP contribution in [0.15, 0.2) is 42.7 Å². The van der Waals surface area contributed by atoms with E-state index in [1.54, 1.807) is 24.4 Å². The zero-order valence-corrected chi connectivity index (χ0v) is 13.8. The topological polar surface area (TPSA) is 88.4 Å². The van der Waals surface area contributed by atoms with Crippen molar-refractivity contribution in [2.24, 2.45) is 0 Å². The summed E-state index contributed by atoms with van der Waals surface area (Å²) in [7, 11) is 0. The van der Waals surface area contributed by atoms with Crippen LogP contribution in [0.1, 0.15) is 23.2 Å². The van der Waals surface area contributed by atoms with Gasteiger partial charge in [0.2, 0.25) is 5.91 Å². The minimum Gasteiger partial charge on any atom is -0.354 e. The van der Waals surface area contributed by atoms with Gasteiger partial charge in [-0.2, -0.15) is 5.10 Å². The first-order valence-corrected chi connectivity index (χ1v) is 8.31. The summed E-state index contributed by atoms with van der Waals surface area (Å²) >= 11 is 0. The molecule has 4 rings (SSSR count). The number of carbonyl (C=O) groups is 2. The van der Waals surface area contributed by atoms with E-state index in [-0.39, 0.29) is 17.3 Å². The molecule has 1 aromatic carbocycles. The predicted molar refractivity (Wildman–Crippen MR) is 91.9 cm³/mol. The Morgan fingerprint density at radius 2 is 2.08 bits per heavy atom. The average Bonchev–Trinajstić information content (AvgIpc) is 3.09. The number of benzene rings is 1. The summed E-state index contributed by atoms with van der Waals surface area (Å²) in [6.45, 7) is 0.629. The maximum absolute atomic E-state index is 13.2. The molecule has 1 aliphatic rings. The molecule has 1 aliphatic heterocycles. The second-order valence-electron chi connectivity index (χ2n) is 6.09. The van der Waals surface area contributed by atoms with E-state index in [1.807, 2.05) is 0 Å². The minimum absolute atomic E-state index is 0.180. The van der Waals surface area contributed by atoms with Gasteiger partial charge in [0.05, 0.1) is 11.9 Å². The molecule has 1 unspecified atom stereocenters. The Balaban J connectivity index is 1.67. The number of hydrogen-bond donors (Lipinski definition) is 2. The van der Waals surface area contributed by atoms with Crippen LogP contribution in [-0.4, -0.2) is 39.0 Å². The van der Waals surface area contributed by atoms with E-state index in [4.69, 9.17) is 0 Å². The molecule has 1 saturated heterocycles. The van der Waals surface area contributed by atoms with Crippen molar-refractivity contribution in [3.63, 3.8) is 0 Å². The molecule has 132 valence electrons. The maximum Gasteiger partial charge on any atom is 0.257 e. The number of fused-ring (bicyclic) bond motifs is 1. The molecule has 0 radical (unpaired) electrons. The van der Waals surface area contributed by atoms with E-state index in [2.05, 4.69) is 20.7 Å². The van der Waals surface area contributed by atoms with Crippen molar-refractivity contribution in [1.29, 1.82) is 0 Å². The second kappa shape index (κ2) is 6.55. The highest BCUT2D eigenvalue weighted by Crippen LogP contribution is 2.21. The predicted octanol–water partition coefficient (Wildman–Crippen LogP) is 1.54. The molecular weight excluding hydrogens is 337 g/mol. The lowest BCUT2D eigenvalue weighted by Crippen LogP contribution is -2.50. The first kappa shape index (κ1) is 16.2. The number of carbonyl (C=O) groups excluding carboxylic acids is 2. The summed E-state index contributed by atoms with van der Waals surface area (Å²) in [6, 6.07) is 7.19. The van der Waals surface area contributed by atoms with Gasteiger partial charge in [-0.05, 0) is 43.2 Å². The van der Waals surface area contributed by atoms with Crippen molar-refractivity contribution in [2.75, 3.05) is 6.54 Å². The number of halogens is 1. The highest BCUT2D eigenvalue weighted by molar-refractivity contribution is 6.02. The first-order chi connectivity index (χ1) is 12.6. The van der Waals surface area contributed by atoms with Gasteiger partial charge in [-0.25, -0.2) is 13.9 Å². The highest BCUT2D eigenvalue weighted by atomic mass is 19.1. The number of nitrogens with one attached hydrogen (secondary N) is 2. The van der Waals surface area contributed by atoms with Crippen molar-refractivity contribution in [3.05, 3.63) is 54.1 Å². The van der Waals surface area contributed by atoms with Gasteiger partial charge in [-0.3, -0.25) is 9.59 Å². The van der Waals surface area contributed by atoms with Crippen LogP contribution in [0.2, 0.25) is 0 Å². The Morgan fingerprint density at radius 1 is 1.27 bits per heavy atom. The number of aromatic nitrogens is 3. The van der Waals surface area contributed by atoms with E-state index in [0.29, 0.717) is 24.3 Å². The first-order valence-electron chi connectivity index (χ1n) is 8.31. The lowest BCUT2D eigenvalue weighted by Gasteiger charge is -2.22. The zero-order valence-electron chi connectivity index (χ0n) is 13.8. The maximum atomic E-state index is 13.2. The van der Waals surface area contributed by atoms with E-state index in [9.17, 15) is 14.0 Å². The molecule has 3 heterocycles. The van der Waals surface area contributed by atoms with Gasteiger partial charge in [0.15, 0.2) is 5.65 Å². The molecule has 7 nitrogen and oxygen atoms in total. The normalized spacial score (nSPS) is 17.1. The van der Waals surface area contributed by atoms with Gasteiger partial charge in [-0.1, -0.05) is 0 Å². The molecule has 0 saturated carbocycles. The van der Waals surface area contributed by atoms with Crippen LogP contribution < -0.4 is 10.6 Å². The number of nitrogens with zero attached hydrogens (tertiary/aromatic N) is 3. The van der Waals surface area contributed by atoms with Gasteiger partial charge < -0.3 is 10.6 Å². The fraction of sp³-hybridized carbons (Fsp3) is 0.222. The SMILES string of the molecule is O=C(NC1CCCNC1=O)c1cnn2c(-c3ccc(F)cc3)ccnc12. The van der Waals surface area contributed by atoms with Gasteiger partial charge in [0, 0.05) is 18.3 Å². The van der Waals surface area contributed by atoms with Crippen molar-refractivity contribution in [3.8, 4) is 11.3 Å². The number of amides is 2. The Labute approximate surface area is 148 Å². The fourth-order valence-corrected chi connectivity index (χ4v) is 3.04. The largest absolute Gasteiger partial charge is 0.354 e. The molecule has 2 aromatic heterocycles. The lowest BCUT2D eigenvalue weighted by molar-refractivity contribution is -0.124. The zero-order chi connectivity index (χ0) is 18.1. The molecule has 1 fully saturated rings. The van der Waals surface area contributed by atoms with Crippen LogP contribution >= 0.6 is 0 Å². The van der Waals surface area contributed by atoms with Crippen LogP contribution in [0.3, 0.4) is 0 Å². The molecular formula is C18H16FN5O2. The van der Waals surface area contributed by atoms with Crippen LogP contribution in [0, 0.1) is 5.82 Å². The van der Waals surface area contributed by atoms with Gasteiger partial charge in [0.1, 0.15) is 17.4 Å². The standard InChI is InChI=1S/C18H16FN5O2/c19-12-5-3-11(4-6-12)15-7-9-20-16-13(10-22-24(15)16)17(25)23-14-2-1-8-21-18(14)26/h3-7,9-10,14H,1-2,8H2,(H,21,26)(H,23,25). The van der Waals surface area contributed by atoms with Gasteiger partial charge in [0.25, 0.3) is 5.91 Å². The van der Waals surface area contributed by atoms with E-state index in [1.165, 1.54) is 22.8 Å². The molecule has 2 N–H and O–H groups in total. The average molecular weight is 353 g/mol. The number of piperidine rings is 1.